The summed E-state index contributed by atoms with van der Waals surface area (Å²) in [6.07, 6.45) is 6.01. The van der Waals surface area contributed by atoms with Gasteiger partial charge in [-0.2, -0.15) is 0 Å². The number of nitrogens with one attached hydrogen (secondary N) is 2. The van der Waals surface area contributed by atoms with Gasteiger partial charge in [0.2, 0.25) is 5.91 Å². The molecule has 4 heteroatoms. The van der Waals surface area contributed by atoms with Gasteiger partial charge in [-0.05, 0) is 62.1 Å². The molecule has 1 amide bonds. The maximum absolute atomic E-state index is 12.6. The number of fused-ring (bicyclic) bond motifs is 1. The highest BCUT2D eigenvalue weighted by Gasteiger charge is 2.29. The predicted molar refractivity (Wildman–Crippen MR) is 92.2 cm³/mol. The lowest BCUT2D eigenvalue weighted by Crippen LogP contribution is -2.43. The number of carbonyl (C=O) groups excluding carboxylic acids is 1. The lowest BCUT2D eigenvalue weighted by atomic mass is 9.99. The third-order valence-electron chi connectivity index (χ3n) is 5.14. The number of likely N-dealkylation sites (tertiary alicyclic amines) is 1. The normalized spacial score (nSPS) is 21.7. The van der Waals surface area contributed by atoms with Gasteiger partial charge in [0.25, 0.3) is 0 Å². The number of para-hydroxylation sites is 1. The maximum atomic E-state index is 12.6. The van der Waals surface area contributed by atoms with E-state index in [0.29, 0.717) is 6.54 Å². The van der Waals surface area contributed by atoms with Crippen molar-refractivity contribution in [2.45, 2.75) is 38.1 Å². The minimum atomic E-state index is 0.200. The topological polar surface area (TPSA) is 48.1 Å². The summed E-state index contributed by atoms with van der Waals surface area (Å²) in [6, 6.07) is 10.8. The Kier molecular flexibility index (Phi) is 4.08. The molecule has 2 N–H and O–H groups in total. The van der Waals surface area contributed by atoms with Gasteiger partial charge in [0.15, 0.2) is 0 Å². The SMILES string of the molecule is O=C(CNCC1CC1)N1CCCCC1c1cc2ccccc2[nH]1. The summed E-state index contributed by atoms with van der Waals surface area (Å²) in [6.45, 7) is 2.35. The van der Waals surface area contributed by atoms with E-state index in [1.165, 1.54) is 30.3 Å². The van der Waals surface area contributed by atoms with Gasteiger partial charge in [-0.25, -0.2) is 0 Å². The number of H-pyrrole nitrogens is 1. The van der Waals surface area contributed by atoms with Crippen molar-refractivity contribution in [3.8, 4) is 0 Å². The molecule has 1 aromatic carbocycles. The van der Waals surface area contributed by atoms with Crippen LogP contribution in [0.5, 0.6) is 0 Å². The van der Waals surface area contributed by atoms with Crippen LogP contribution in [0.2, 0.25) is 0 Å². The molecule has 0 radical (unpaired) electrons. The lowest BCUT2D eigenvalue weighted by Gasteiger charge is -2.35. The number of rotatable bonds is 5. The molecule has 2 aromatic rings. The Balaban J connectivity index is 1.48. The van der Waals surface area contributed by atoms with E-state index < -0.39 is 0 Å². The molecule has 1 saturated heterocycles. The highest BCUT2D eigenvalue weighted by atomic mass is 16.2. The second-order valence-corrected chi connectivity index (χ2v) is 6.98. The van der Waals surface area contributed by atoms with Crippen LogP contribution in [0.25, 0.3) is 10.9 Å². The van der Waals surface area contributed by atoms with Gasteiger partial charge in [0.1, 0.15) is 0 Å². The number of piperidine rings is 1. The van der Waals surface area contributed by atoms with Gasteiger partial charge in [0.05, 0.1) is 12.6 Å². The van der Waals surface area contributed by atoms with Crippen molar-refractivity contribution in [1.29, 1.82) is 0 Å². The van der Waals surface area contributed by atoms with Gasteiger partial charge in [-0.3, -0.25) is 4.79 Å². The molecule has 4 rings (SSSR count). The summed E-state index contributed by atoms with van der Waals surface area (Å²) in [4.78, 5) is 18.2. The van der Waals surface area contributed by atoms with E-state index in [1.807, 2.05) is 6.07 Å². The number of aromatic amines is 1. The second kappa shape index (κ2) is 6.36. The molecule has 0 spiro atoms. The molecule has 2 aliphatic rings. The van der Waals surface area contributed by atoms with E-state index in [4.69, 9.17) is 0 Å². The number of amides is 1. The largest absolute Gasteiger partial charge is 0.357 e. The quantitative estimate of drug-likeness (QED) is 0.890. The molecular formula is C19H25N3O. The Morgan fingerprint density at radius 2 is 2.09 bits per heavy atom. The van der Waals surface area contributed by atoms with Crippen molar-refractivity contribution < 1.29 is 4.79 Å². The van der Waals surface area contributed by atoms with E-state index >= 15 is 0 Å². The van der Waals surface area contributed by atoms with Crippen LogP contribution in [-0.2, 0) is 4.79 Å². The summed E-state index contributed by atoms with van der Waals surface area (Å²) in [5.74, 6) is 1.06. The molecule has 1 aromatic heterocycles. The Morgan fingerprint density at radius 3 is 2.91 bits per heavy atom. The van der Waals surface area contributed by atoms with Crippen molar-refractivity contribution in [3.63, 3.8) is 0 Å². The number of aromatic nitrogens is 1. The summed E-state index contributed by atoms with van der Waals surface area (Å²) in [5.41, 5.74) is 2.34. The van der Waals surface area contributed by atoms with Gasteiger partial charge in [0, 0.05) is 17.8 Å². The van der Waals surface area contributed by atoms with Crippen molar-refractivity contribution in [1.82, 2.24) is 15.2 Å². The number of hydrogen-bond acceptors (Lipinski definition) is 2. The van der Waals surface area contributed by atoms with Gasteiger partial charge >= 0.3 is 0 Å². The molecule has 122 valence electrons. The number of benzene rings is 1. The number of carbonyl (C=O) groups is 1. The molecule has 1 atom stereocenters. The predicted octanol–water partition coefficient (Wildman–Crippen LogP) is 3.22. The summed E-state index contributed by atoms with van der Waals surface area (Å²) in [7, 11) is 0. The van der Waals surface area contributed by atoms with E-state index in [0.717, 1.165) is 37.4 Å². The Labute approximate surface area is 137 Å². The first kappa shape index (κ1) is 14.8. The van der Waals surface area contributed by atoms with E-state index in [2.05, 4.69) is 39.5 Å². The van der Waals surface area contributed by atoms with E-state index in [9.17, 15) is 4.79 Å². The second-order valence-electron chi connectivity index (χ2n) is 6.98. The average molecular weight is 311 g/mol. The first-order chi connectivity index (χ1) is 11.3. The first-order valence-electron chi connectivity index (χ1n) is 8.89. The Hall–Kier alpha value is -1.81. The van der Waals surface area contributed by atoms with E-state index in [-0.39, 0.29) is 11.9 Å². The van der Waals surface area contributed by atoms with Crippen LogP contribution in [0, 0.1) is 5.92 Å². The van der Waals surface area contributed by atoms with Crippen LogP contribution < -0.4 is 5.32 Å². The fraction of sp³-hybridized carbons (Fsp3) is 0.526. The smallest absolute Gasteiger partial charge is 0.237 e. The van der Waals surface area contributed by atoms with Crippen LogP contribution in [0.3, 0.4) is 0 Å². The molecule has 2 heterocycles. The van der Waals surface area contributed by atoms with Crippen LogP contribution in [0.1, 0.15) is 43.8 Å². The lowest BCUT2D eigenvalue weighted by molar-refractivity contribution is -0.134. The number of nitrogens with zero attached hydrogens (tertiary/aromatic N) is 1. The van der Waals surface area contributed by atoms with Gasteiger partial charge in [-0.1, -0.05) is 18.2 Å². The zero-order valence-electron chi connectivity index (χ0n) is 13.6. The maximum Gasteiger partial charge on any atom is 0.237 e. The molecule has 1 aliphatic carbocycles. The van der Waals surface area contributed by atoms with Gasteiger partial charge < -0.3 is 15.2 Å². The fourth-order valence-electron chi connectivity index (χ4n) is 3.64. The van der Waals surface area contributed by atoms with E-state index in [1.54, 1.807) is 0 Å². The Bertz CT molecular complexity index is 656. The van der Waals surface area contributed by atoms with Crippen molar-refractivity contribution in [3.05, 3.63) is 36.0 Å². The molecule has 1 aliphatic heterocycles. The summed E-state index contributed by atoms with van der Waals surface area (Å²) < 4.78 is 0. The molecule has 1 saturated carbocycles. The molecule has 2 fully saturated rings. The Morgan fingerprint density at radius 1 is 1.22 bits per heavy atom. The zero-order valence-corrected chi connectivity index (χ0v) is 13.6. The molecule has 4 nitrogen and oxygen atoms in total. The minimum Gasteiger partial charge on any atom is -0.357 e. The third kappa shape index (κ3) is 3.27. The monoisotopic (exact) mass is 311 g/mol. The first-order valence-corrected chi connectivity index (χ1v) is 8.89. The van der Waals surface area contributed by atoms with Crippen molar-refractivity contribution >= 4 is 16.8 Å². The highest BCUT2D eigenvalue weighted by molar-refractivity contribution is 5.82. The third-order valence-corrected chi connectivity index (χ3v) is 5.14. The number of hydrogen-bond donors (Lipinski definition) is 2. The highest BCUT2D eigenvalue weighted by Crippen LogP contribution is 2.32. The van der Waals surface area contributed by atoms with Crippen molar-refractivity contribution in [2.24, 2.45) is 5.92 Å². The van der Waals surface area contributed by atoms with Crippen LogP contribution in [0.4, 0.5) is 0 Å². The molecule has 0 bridgehead atoms. The summed E-state index contributed by atoms with van der Waals surface area (Å²) in [5, 5.41) is 4.57. The van der Waals surface area contributed by atoms with Crippen LogP contribution >= 0.6 is 0 Å². The molecular weight excluding hydrogens is 286 g/mol. The average Bonchev–Trinajstić information content (AvgIpc) is 3.30. The van der Waals surface area contributed by atoms with Gasteiger partial charge in [-0.15, -0.1) is 0 Å². The minimum absolute atomic E-state index is 0.200. The van der Waals surface area contributed by atoms with Crippen LogP contribution in [-0.4, -0.2) is 35.4 Å². The van der Waals surface area contributed by atoms with Crippen LogP contribution in [0.15, 0.2) is 30.3 Å². The van der Waals surface area contributed by atoms with Crippen molar-refractivity contribution in [2.75, 3.05) is 19.6 Å². The fourth-order valence-corrected chi connectivity index (χ4v) is 3.64. The standard InChI is InChI=1S/C19H25N3O/c23-19(13-20-12-14-8-9-14)22-10-4-3-7-18(22)17-11-15-5-1-2-6-16(15)21-17/h1-2,5-6,11,14,18,20-21H,3-4,7-10,12-13H2. The zero-order chi connectivity index (χ0) is 15.6. The molecule has 1 unspecified atom stereocenters. The summed E-state index contributed by atoms with van der Waals surface area (Å²) >= 11 is 0. The molecule has 23 heavy (non-hydrogen) atoms.